The molecule has 0 radical (unpaired) electrons. The second kappa shape index (κ2) is 8.81. The lowest BCUT2D eigenvalue weighted by molar-refractivity contribution is -0.117. The van der Waals surface area contributed by atoms with E-state index in [1.807, 2.05) is 28.9 Å². The van der Waals surface area contributed by atoms with E-state index in [4.69, 9.17) is 0 Å². The van der Waals surface area contributed by atoms with Gasteiger partial charge in [-0.3, -0.25) is 4.79 Å². The van der Waals surface area contributed by atoms with Gasteiger partial charge in [0.2, 0.25) is 5.91 Å². The Balaban J connectivity index is 1.50. The van der Waals surface area contributed by atoms with Gasteiger partial charge in [0, 0.05) is 19.0 Å². The largest absolute Gasteiger partial charge is 0.316 e. The number of hydrogen-bond acceptors (Lipinski definition) is 3. The van der Waals surface area contributed by atoms with Crippen molar-refractivity contribution in [2.45, 2.75) is 39.2 Å². The van der Waals surface area contributed by atoms with Crippen LogP contribution in [-0.2, 0) is 17.8 Å². The average Bonchev–Trinajstić information content (AvgIpc) is 3.08. The van der Waals surface area contributed by atoms with Crippen molar-refractivity contribution in [2.75, 3.05) is 18.4 Å². The Morgan fingerprint density at radius 2 is 2.20 bits per heavy atom. The number of anilines is 1. The van der Waals surface area contributed by atoms with E-state index in [0.29, 0.717) is 18.3 Å². The van der Waals surface area contributed by atoms with Gasteiger partial charge in [-0.2, -0.15) is 5.10 Å². The zero-order chi connectivity index (χ0) is 17.5. The zero-order valence-electron chi connectivity index (χ0n) is 14.9. The number of piperidine rings is 1. The SMILES string of the molecule is CC(CC(=O)Nc1ccnn1CCc1ccccc1)C1CCCNC1. The van der Waals surface area contributed by atoms with Gasteiger partial charge >= 0.3 is 0 Å². The molecule has 1 aliphatic rings. The highest BCUT2D eigenvalue weighted by Crippen LogP contribution is 2.23. The first-order valence-electron chi connectivity index (χ1n) is 9.28. The Kier molecular flexibility index (Phi) is 6.23. The van der Waals surface area contributed by atoms with Gasteiger partial charge in [-0.15, -0.1) is 0 Å². The Morgan fingerprint density at radius 3 is 2.96 bits per heavy atom. The van der Waals surface area contributed by atoms with E-state index in [1.54, 1.807) is 6.20 Å². The quantitative estimate of drug-likeness (QED) is 0.814. The topological polar surface area (TPSA) is 59.0 Å². The summed E-state index contributed by atoms with van der Waals surface area (Å²) >= 11 is 0. The molecule has 0 spiro atoms. The number of hydrogen-bond donors (Lipinski definition) is 2. The predicted molar refractivity (Wildman–Crippen MR) is 100 cm³/mol. The number of amides is 1. The number of carbonyl (C=O) groups is 1. The van der Waals surface area contributed by atoms with Gasteiger partial charge in [0.15, 0.2) is 0 Å². The van der Waals surface area contributed by atoms with Crippen molar-refractivity contribution >= 4 is 11.7 Å². The molecular formula is C20H28N4O. The second-order valence-electron chi connectivity index (χ2n) is 7.01. The lowest BCUT2D eigenvalue weighted by Crippen LogP contribution is -2.34. The molecule has 0 saturated carbocycles. The molecule has 25 heavy (non-hydrogen) atoms. The lowest BCUT2D eigenvalue weighted by atomic mass is 9.85. The third-order valence-electron chi connectivity index (χ3n) is 5.09. The van der Waals surface area contributed by atoms with Crippen LogP contribution in [0.5, 0.6) is 0 Å². The van der Waals surface area contributed by atoms with Crippen LogP contribution in [-0.4, -0.2) is 28.8 Å². The first-order valence-corrected chi connectivity index (χ1v) is 9.28. The van der Waals surface area contributed by atoms with E-state index in [1.165, 1.54) is 18.4 Å². The standard InChI is InChI=1S/C20H28N4O/c1-16(18-8-5-11-21-15-18)14-20(25)23-19-9-12-22-24(19)13-10-17-6-3-2-4-7-17/h2-4,6-7,9,12,16,18,21H,5,8,10-11,13-15H2,1H3,(H,23,25). The smallest absolute Gasteiger partial charge is 0.225 e. The van der Waals surface area contributed by atoms with Crippen LogP contribution >= 0.6 is 0 Å². The van der Waals surface area contributed by atoms with Crippen molar-refractivity contribution in [2.24, 2.45) is 11.8 Å². The lowest BCUT2D eigenvalue weighted by Gasteiger charge is -2.28. The van der Waals surface area contributed by atoms with E-state index in [-0.39, 0.29) is 5.91 Å². The summed E-state index contributed by atoms with van der Waals surface area (Å²) in [6, 6.07) is 12.2. The molecule has 0 bridgehead atoms. The van der Waals surface area contributed by atoms with Gasteiger partial charge in [-0.1, -0.05) is 37.3 Å². The molecular weight excluding hydrogens is 312 g/mol. The molecule has 5 heteroatoms. The van der Waals surface area contributed by atoms with Crippen LogP contribution in [0, 0.1) is 11.8 Å². The summed E-state index contributed by atoms with van der Waals surface area (Å²) in [6.07, 6.45) is 5.64. The van der Waals surface area contributed by atoms with E-state index in [9.17, 15) is 4.79 Å². The Bertz CT molecular complexity index is 661. The fourth-order valence-corrected chi connectivity index (χ4v) is 3.51. The molecule has 134 valence electrons. The van der Waals surface area contributed by atoms with Crippen LogP contribution in [0.3, 0.4) is 0 Å². The second-order valence-corrected chi connectivity index (χ2v) is 7.01. The minimum absolute atomic E-state index is 0.0829. The molecule has 2 heterocycles. The first-order chi connectivity index (χ1) is 12.2. The maximum absolute atomic E-state index is 12.4. The Labute approximate surface area is 149 Å². The fourth-order valence-electron chi connectivity index (χ4n) is 3.51. The van der Waals surface area contributed by atoms with Crippen LogP contribution in [0.1, 0.15) is 31.7 Å². The molecule has 2 aromatic rings. The van der Waals surface area contributed by atoms with E-state index < -0.39 is 0 Å². The van der Waals surface area contributed by atoms with Crippen molar-refractivity contribution in [3.63, 3.8) is 0 Å². The summed E-state index contributed by atoms with van der Waals surface area (Å²) < 4.78 is 1.87. The van der Waals surface area contributed by atoms with E-state index in [0.717, 1.165) is 31.9 Å². The summed E-state index contributed by atoms with van der Waals surface area (Å²) in [5, 5.41) is 10.8. The summed E-state index contributed by atoms with van der Waals surface area (Å²) in [6.45, 7) is 5.08. The van der Waals surface area contributed by atoms with Crippen LogP contribution < -0.4 is 10.6 Å². The number of nitrogens with one attached hydrogen (secondary N) is 2. The molecule has 2 N–H and O–H groups in total. The Hall–Kier alpha value is -2.14. The van der Waals surface area contributed by atoms with Crippen molar-refractivity contribution in [1.82, 2.24) is 15.1 Å². The maximum Gasteiger partial charge on any atom is 0.225 e. The Morgan fingerprint density at radius 1 is 1.36 bits per heavy atom. The van der Waals surface area contributed by atoms with E-state index in [2.05, 4.69) is 34.8 Å². The van der Waals surface area contributed by atoms with Gasteiger partial charge in [-0.05, 0) is 49.8 Å². The van der Waals surface area contributed by atoms with Crippen molar-refractivity contribution in [3.8, 4) is 0 Å². The summed E-state index contributed by atoms with van der Waals surface area (Å²) in [5.74, 6) is 1.87. The molecule has 1 aromatic carbocycles. The molecule has 1 amide bonds. The molecule has 1 aromatic heterocycles. The number of benzene rings is 1. The minimum atomic E-state index is 0.0829. The summed E-state index contributed by atoms with van der Waals surface area (Å²) in [4.78, 5) is 12.4. The van der Waals surface area contributed by atoms with Crippen LogP contribution in [0.15, 0.2) is 42.6 Å². The zero-order valence-corrected chi connectivity index (χ0v) is 14.9. The summed E-state index contributed by atoms with van der Waals surface area (Å²) in [7, 11) is 0. The molecule has 0 aliphatic carbocycles. The maximum atomic E-state index is 12.4. The highest BCUT2D eigenvalue weighted by Gasteiger charge is 2.22. The minimum Gasteiger partial charge on any atom is -0.316 e. The number of aromatic nitrogens is 2. The van der Waals surface area contributed by atoms with Gasteiger partial charge in [0.1, 0.15) is 5.82 Å². The van der Waals surface area contributed by atoms with Crippen LogP contribution in [0.25, 0.3) is 0 Å². The monoisotopic (exact) mass is 340 g/mol. The van der Waals surface area contributed by atoms with E-state index >= 15 is 0 Å². The average molecular weight is 340 g/mol. The van der Waals surface area contributed by atoms with Gasteiger partial charge in [0.25, 0.3) is 0 Å². The van der Waals surface area contributed by atoms with Gasteiger partial charge in [-0.25, -0.2) is 4.68 Å². The molecule has 1 aliphatic heterocycles. The normalized spacial score (nSPS) is 18.7. The molecule has 2 unspecified atom stereocenters. The van der Waals surface area contributed by atoms with Crippen molar-refractivity contribution < 1.29 is 4.79 Å². The summed E-state index contributed by atoms with van der Waals surface area (Å²) in [5.41, 5.74) is 1.27. The predicted octanol–water partition coefficient (Wildman–Crippen LogP) is 3.09. The van der Waals surface area contributed by atoms with Crippen molar-refractivity contribution in [3.05, 3.63) is 48.2 Å². The number of nitrogens with zero attached hydrogens (tertiary/aromatic N) is 2. The molecule has 3 rings (SSSR count). The fraction of sp³-hybridized carbons (Fsp3) is 0.500. The van der Waals surface area contributed by atoms with Crippen LogP contribution in [0.2, 0.25) is 0 Å². The van der Waals surface area contributed by atoms with Crippen molar-refractivity contribution in [1.29, 1.82) is 0 Å². The van der Waals surface area contributed by atoms with Gasteiger partial charge in [0.05, 0.1) is 6.20 Å². The number of carbonyl (C=O) groups excluding carboxylic acids is 1. The number of rotatable bonds is 7. The molecule has 1 fully saturated rings. The molecule has 2 atom stereocenters. The highest BCUT2D eigenvalue weighted by molar-refractivity contribution is 5.89. The third-order valence-corrected chi connectivity index (χ3v) is 5.09. The third kappa shape index (κ3) is 5.16. The molecule has 5 nitrogen and oxygen atoms in total. The molecule has 1 saturated heterocycles. The van der Waals surface area contributed by atoms with Crippen LogP contribution in [0.4, 0.5) is 5.82 Å². The highest BCUT2D eigenvalue weighted by atomic mass is 16.1. The first kappa shape index (κ1) is 17.7. The van der Waals surface area contributed by atoms with Gasteiger partial charge < -0.3 is 10.6 Å². The number of aryl methyl sites for hydroxylation is 2.